The number of hydrogen-bond acceptors (Lipinski definition) is 3. The average Bonchev–Trinajstić information content (AvgIpc) is 2.60. The number of nitrogens with one attached hydrogen (secondary N) is 1. The molecule has 114 valence electrons. The van der Waals surface area contributed by atoms with Crippen molar-refractivity contribution in [2.24, 2.45) is 5.73 Å². The summed E-state index contributed by atoms with van der Waals surface area (Å²) >= 11 is 4.09. The summed E-state index contributed by atoms with van der Waals surface area (Å²) in [7, 11) is 0. The number of anilines is 1. The van der Waals surface area contributed by atoms with E-state index in [2.05, 4.69) is 60.4 Å². The van der Waals surface area contributed by atoms with Gasteiger partial charge in [-0.1, -0.05) is 48.5 Å². The average molecular weight is 320 g/mol. The van der Waals surface area contributed by atoms with E-state index in [4.69, 9.17) is 5.73 Å². The predicted molar refractivity (Wildman–Crippen MR) is 101 cm³/mol. The number of benzene rings is 4. The molecule has 0 spiro atoms. The molecule has 0 aromatic heterocycles. The highest BCUT2D eigenvalue weighted by atomic mass is 32.1. The highest BCUT2D eigenvalue weighted by Crippen LogP contribution is 2.37. The van der Waals surface area contributed by atoms with Crippen LogP contribution in [0.4, 0.5) is 5.69 Å². The van der Waals surface area contributed by atoms with E-state index in [1.807, 2.05) is 12.1 Å². The van der Waals surface area contributed by atoms with Crippen LogP contribution in [0.2, 0.25) is 0 Å². The Balaban J connectivity index is 1.98. The van der Waals surface area contributed by atoms with E-state index in [0.717, 1.165) is 11.1 Å². The summed E-state index contributed by atoms with van der Waals surface area (Å²) in [4.78, 5) is 12.1. The number of carbonyl (C=O) groups is 1. The SMILES string of the molecule is N[C@@H](CS)C(=O)Nc1ccc2ccc3cccc4ccc1c2c34. The van der Waals surface area contributed by atoms with Crippen LogP contribution in [0.25, 0.3) is 32.3 Å². The first-order valence-electron chi connectivity index (χ1n) is 7.53. The van der Waals surface area contributed by atoms with E-state index < -0.39 is 6.04 Å². The summed E-state index contributed by atoms with van der Waals surface area (Å²) in [5.41, 5.74) is 6.55. The largest absolute Gasteiger partial charge is 0.324 e. The van der Waals surface area contributed by atoms with Gasteiger partial charge in [-0.05, 0) is 33.0 Å². The van der Waals surface area contributed by atoms with Gasteiger partial charge < -0.3 is 11.1 Å². The van der Waals surface area contributed by atoms with Crippen molar-refractivity contribution in [1.29, 1.82) is 0 Å². The van der Waals surface area contributed by atoms with E-state index in [0.29, 0.717) is 5.75 Å². The smallest absolute Gasteiger partial charge is 0.242 e. The molecule has 4 aromatic rings. The summed E-state index contributed by atoms with van der Waals surface area (Å²) < 4.78 is 0. The molecule has 0 heterocycles. The topological polar surface area (TPSA) is 55.1 Å². The molecule has 0 unspecified atom stereocenters. The van der Waals surface area contributed by atoms with Crippen LogP contribution in [0.15, 0.2) is 54.6 Å². The molecular formula is C19H16N2OS. The molecule has 0 aliphatic carbocycles. The molecule has 1 atom stereocenters. The second kappa shape index (κ2) is 5.41. The Morgan fingerprint density at radius 3 is 2.26 bits per heavy atom. The minimum atomic E-state index is -0.614. The zero-order valence-corrected chi connectivity index (χ0v) is 13.3. The lowest BCUT2D eigenvalue weighted by molar-refractivity contribution is -0.116. The van der Waals surface area contributed by atoms with Gasteiger partial charge in [0.2, 0.25) is 5.91 Å². The molecule has 0 saturated carbocycles. The van der Waals surface area contributed by atoms with Crippen LogP contribution in [0.3, 0.4) is 0 Å². The highest BCUT2D eigenvalue weighted by molar-refractivity contribution is 7.80. The standard InChI is InChI=1S/C19H16N2OS/c20-15(10-23)19(22)21-16-9-7-13-5-4-11-2-1-3-12-6-8-14(16)18(13)17(11)12/h1-9,15,23H,10,20H2,(H,21,22)/t15-/m0/s1. The van der Waals surface area contributed by atoms with Crippen molar-refractivity contribution in [3.05, 3.63) is 54.6 Å². The fourth-order valence-corrected chi connectivity index (χ4v) is 3.32. The van der Waals surface area contributed by atoms with Gasteiger partial charge in [-0.2, -0.15) is 12.6 Å². The fourth-order valence-electron chi connectivity index (χ4n) is 3.15. The molecule has 0 radical (unpaired) electrons. The van der Waals surface area contributed by atoms with Crippen LogP contribution in [-0.4, -0.2) is 17.7 Å². The van der Waals surface area contributed by atoms with Crippen molar-refractivity contribution in [1.82, 2.24) is 0 Å². The van der Waals surface area contributed by atoms with Crippen LogP contribution in [0, 0.1) is 0 Å². The van der Waals surface area contributed by atoms with Crippen molar-refractivity contribution in [2.75, 3.05) is 11.1 Å². The Labute approximate surface area is 139 Å². The van der Waals surface area contributed by atoms with E-state index >= 15 is 0 Å². The molecule has 4 heteroatoms. The van der Waals surface area contributed by atoms with Crippen LogP contribution >= 0.6 is 12.6 Å². The molecule has 4 rings (SSSR count). The molecule has 4 aromatic carbocycles. The third kappa shape index (κ3) is 2.22. The third-order valence-electron chi connectivity index (χ3n) is 4.32. The van der Waals surface area contributed by atoms with E-state index in [-0.39, 0.29) is 5.91 Å². The van der Waals surface area contributed by atoms with Gasteiger partial charge in [0.25, 0.3) is 0 Å². The number of carbonyl (C=O) groups excluding carboxylic acids is 1. The van der Waals surface area contributed by atoms with Gasteiger partial charge in [-0.25, -0.2) is 0 Å². The zero-order valence-electron chi connectivity index (χ0n) is 12.4. The molecular weight excluding hydrogens is 304 g/mol. The highest BCUT2D eigenvalue weighted by Gasteiger charge is 2.15. The first kappa shape index (κ1) is 14.3. The minimum absolute atomic E-state index is 0.213. The van der Waals surface area contributed by atoms with Crippen LogP contribution in [0.1, 0.15) is 0 Å². The van der Waals surface area contributed by atoms with Gasteiger partial charge in [0.05, 0.1) is 6.04 Å². The molecule has 23 heavy (non-hydrogen) atoms. The normalized spacial score (nSPS) is 13.0. The first-order valence-corrected chi connectivity index (χ1v) is 8.16. The van der Waals surface area contributed by atoms with Crippen LogP contribution in [0.5, 0.6) is 0 Å². The maximum atomic E-state index is 12.1. The molecule has 1 amide bonds. The quantitative estimate of drug-likeness (QED) is 0.397. The van der Waals surface area contributed by atoms with Crippen molar-refractivity contribution < 1.29 is 4.79 Å². The maximum absolute atomic E-state index is 12.1. The number of hydrogen-bond donors (Lipinski definition) is 3. The maximum Gasteiger partial charge on any atom is 0.242 e. The Morgan fingerprint density at radius 2 is 1.57 bits per heavy atom. The second-order valence-corrected chi connectivity index (χ2v) is 6.11. The van der Waals surface area contributed by atoms with Crippen molar-refractivity contribution >= 4 is 56.5 Å². The first-order chi connectivity index (χ1) is 11.2. The lowest BCUT2D eigenvalue weighted by atomic mass is 9.93. The fraction of sp³-hybridized carbons (Fsp3) is 0.105. The second-order valence-electron chi connectivity index (χ2n) is 5.75. The summed E-state index contributed by atoms with van der Waals surface area (Å²) in [6, 6.07) is 18.1. The summed E-state index contributed by atoms with van der Waals surface area (Å²) in [5, 5.41) is 9.96. The van der Waals surface area contributed by atoms with Gasteiger partial charge in [-0.15, -0.1) is 0 Å². The van der Waals surface area contributed by atoms with Crippen LogP contribution in [-0.2, 0) is 4.79 Å². The third-order valence-corrected chi connectivity index (χ3v) is 4.71. The molecule has 0 bridgehead atoms. The van der Waals surface area contributed by atoms with E-state index in [1.165, 1.54) is 26.9 Å². The minimum Gasteiger partial charge on any atom is -0.324 e. The summed E-state index contributed by atoms with van der Waals surface area (Å²) in [6.07, 6.45) is 0. The van der Waals surface area contributed by atoms with Gasteiger partial charge >= 0.3 is 0 Å². The number of amides is 1. The molecule has 3 nitrogen and oxygen atoms in total. The Bertz CT molecular complexity index is 1010. The monoisotopic (exact) mass is 320 g/mol. The molecule has 3 N–H and O–H groups in total. The van der Waals surface area contributed by atoms with Crippen LogP contribution < -0.4 is 11.1 Å². The predicted octanol–water partition coefficient (Wildman–Crippen LogP) is 3.78. The Kier molecular flexibility index (Phi) is 3.36. The van der Waals surface area contributed by atoms with Gasteiger partial charge in [-0.3, -0.25) is 4.79 Å². The summed E-state index contributed by atoms with van der Waals surface area (Å²) in [5.74, 6) is 0.104. The van der Waals surface area contributed by atoms with Gasteiger partial charge in [0.1, 0.15) is 0 Å². The Hall–Kier alpha value is -2.30. The number of nitrogens with two attached hydrogens (primary N) is 1. The van der Waals surface area contributed by atoms with E-state index in [1.54, 1.807) is 0 Å². The molecule has 0 aliphatic rings. The van der Waals surface area contributed by atoms with Crippen molar-refractivity contribution in [3.63, 3.8) is 0 Å². The Morgan fingerprint density at radius 1 is 0.957 bits per heavy atom. The molecule has 0 fully saturated rings. The van der Waals surface area contributed by atoms with Crippen molar-refractivity contribution in [3.8, 4) is 0 Å². The molecule has 0 saturated heterocycles. The van der Waals surface area contributed by atoms with Gasteiger partial charge in [0, 0.05) is 16.8 Å². The molecule has 0 aliphatic heterocycles. The van der Waals surface area contributed by atoms with Crippen molar-refractivity contribution in [2.45, 2.75) is 6.04 Å². The lowest BCUT2D eigenvalue weighted by Gasteiger charge is -2.15. The van der Waals surface area contributed by atoms with E-state index in [9.17, 15) is 4.79 Å². The number of thiol groups is 1. The lowest BCUT2D eigenvalue weighted by Crippen LogP contribution is -2.37. The zero-order chi connectivity index (χ0) is 16.0. The number of rotatable bonds is 3. The van der Waals surface area contributed by atoms with Gasteiger partial charge in [0.15, 0.2) is 0 Å². The summed E-state index contributed by atoms with van der Waals surface area (Å²) in [6.45, 7) is 0.